The van der Waals surface area contributed by atoms with E-state index in [4.69, 9.17) is 21.1 Å². The van der Waals surface area contributed by atoms with Crippen LogP contribution in [0.5, 0.6) is 11.5 Å². The maximum Gasteiger partial charge on any atom is 0.251 e. The van der Waals surface area contributed by atoms with E-state index in [1.807, 2.05) is 67.4 Å². The Kier molecular flexibility index (Phi) is 10.1. The molecular formula is C35H40ClN3O4. The second-order valence-corrected chi connectivity index (χ2v) is 11.8. The van der Waals surface area contributed by atoms with E-state index in [0.29, 0.717) is 50.0 Å². The zero-order valence-electron chi connectivity index (χ0n) is 25.1. The predicted molar refractivity (Wildman–Crippen MR) is 171 cm³/mol. The van der Waals surface area contributed by atoms with Gasteiger partial charge in [-0.15, -0.1) is 0 Å². The lowest BCUT2D eigenvalue weighted by Gasteiger charge is -2.44. The smallest absolute Gasteiger partial charge is 0.251 e. The highest BCUT2D eigenvalue weighted by atomic mass is 35.5. The molecule has 5 rings (SSSR count). The number of benzene rings is 3. The van der Waals surface area contributed by atoms with Crippen LogP contribution in [0.3, 0.4) is 0 Å². The van der Waals surface area contributed by atoms with Crippen LogP contribution in [0.2, 0.25) is 5.02 Å². The van der Waals surface area contributed by atoms with Crippen molar-refractivity contribution in [2.75, 3.05) is 39.9 Å². The van der Waals surface area contributed by atoms with Crippen molar-refractivity contribution in [2.45, 2.75) is 45.2 Å². The van der Waals surface area contributed by atoms with Crippen molar-refractivity contribution in [3.63, 3.8) is 0 Å². The molecule has 2 bridgehead atoms. The summed E-state index contributed by atoms with van der Waals surface area (Å²) < 4.78 is 11.7. The van der Waals surface area contributed by atoms with Crippen LogP contribution in [-0.2, 0) is 16.0 Å². The first kappa shape index (κ1) is 30.6. The molecule has 7 nitrogen and oxygen atoms in total. The van der Waals surface area contributed by atoms with Crippen LogP contribution < -0.4 is 14.8 Å². The molecule has 3 aromatic rings. The van der Waals surface area contributed by atoms with Crippen LogP contribution in [0.25, 0.3) is 5.57 Å². The van der Waals surface area contributed by atoms with E-state index in [1.54, 1.807) is 11.8 Å². The highest BCUT2D eigenvalue weighted by Crippen LogP contribution is 2.34. The first-order valence-electron chi connectivity index (χ1n) is 14.9. The molecule has 1 fully saturated rings. The molecule has 2 amide bonds. The number of para-hydroxylation sites is 1. The molecule has 1 saturated heterocycles. The third-order valence-electron chi connectivity index (χ3n) is 8.15. The molecule has 8 heteroatoms. The minimum absolute atomic E-state index is 0.0365. The molecule has 2 atom stereocenters. The highest BCUT2D eigenvalue weighted by molar-refractivity contribution is 6.32. The van der Waals surface area contributed by atoms with Crippen molar-refractivity contribution in [1.29, 1.82) is 0 Å². The number of piperazine rings is 1. The Morgan fingerprint density at radius 3 is 2.44 bits per heavy atom. The van der Waals surface area contributed by atoms with E-state index in [1.165, 1.54) is 11.1 Å². The van der Waals surface area contributed by atoms with Crippen molar-refractivity contribution in [2.24, 2.45) is 0 Å². The molecule has 0 spiro atoms. The number of halogens is 1. The van der Waals surface area contributed by atoms with E-state index in [0.717, 1.165) is 35.3 Å². The van der Waals surface area contributed by atoms with Crippen LogP contribution in [0, 0.1) is 6.92 Å². The van der Waals surface area contributed by atoms with Crippen molar-refractivity contribution in [3.05, 3.63) is 100 Å². The summed E-state index contributed by atoms with van der Waals surface area (Å²) in [6, 6.07) is 23.8. The molecule has 0 aliphatic carbocycles. The zero-order chi connectivity index (χ0) is 30.3. The fourth-order valence-electron chi connectivity index (χ4n) is 5.76. The lowest BCUT2D eigenvalue weighted by molar-refractivity contribution is -0.132. The average molecular weight is 602 g/mol. The Hall–Kier alpha value is -3.81. The maximum absolute atomic E-state index is 14.0. The third kappa shape index (κ3) is 7.78. The summed E-state index contributed by atoms with van der Waals surface area (Å²) in [6.45, 7) is 6.18. The van der Waals surface area contributed by atoms with Gasteiger partial charge in [0.25, 0.3) is 5.91 Å². The molecule has 43 heavy (non-hydrogen) atoms. The lowest BCUT2D eigenvalue weighted by Crippen LogP contribution is -2.61. The Balaban J connectivity index is 1.28. The van der Waals surface area contributed by atoms with Crippen LogP contribution in [0.1, 0.15) is 36.5 Å². The number of nitrogens with one attached hydrogen (secondary N) is 1. The largest absolute Gasteiger partial charge is 0.492 e. The van der Waals surface area contributed by atoms with Crippen molar-refractivity contribution in [3.8, 4) is 11.5 Å². The Bertz CT molecular complexity index is 1450. The standard InChI is InChI=1S/C35H40ClN3O4/c1-24-10-16-29(17-11-24)42-20-18-38(3)35(41)34-30(21-28-22-39(25(2)40)23-32(34)37-28)27-14-12-26(13-15-27)7-6-19-43-33-9-5-4-8-31(33)36/h4-5,8-17,28,32,37H,6-7,18-23H2,1-3H3/t28-,32-/m1/s1. The molecule has 2 aliphatic rings. The number of amides is 2. The van der Waals surface area contributed by atoms with Gasteiger partial charge in [-0.05, 0) is 67.2 Å². The fraction of sp³-hybridized carbons (Fsp3) is 0.371. The number of hydrogen-bond donors (Lipinski definition) is 1. The highest BCUT2D eigenvalue weighted by Gasteiger charge is 2.39. The van der Waals surface area contributed by atoms with Crippen LogP contribution in [0.4, 0.5) is 0 Å². The molecule has 0 unspecified atom stereocenters. The first-order valence-corrected chi connectivity index (χ1v) is 15.3. The molecule has 2 heterocycles. The van der Waals surface area contributed by atoms with E-state index in [-0.39, 0.29) is 23.9 Å². The third-order valence-corrected chi connectivity index (χ3v) is 8.46. The van der Waals surface area contributed by atoms with Crippen LogP contribution in [0.15, 0.2) is 78.4 Å². The number of carbonyl (C=O) groups excluding carboxylic acids is 2. The summed E-state index contributed by atoms with van der Waals surface area (Å²) in [7, 11) is 1.82. The number of nitrogens with zero attached hydrogens (tertiary/aromatic N) is 2. The number of ether oxygens (including phenoxy) is 2. The van der Waals surface area contributed by atoms with Gasteiger partial charge >= 0.3 is 0 Å². The van der Waals surface area contributed by atoms with E-state index in [2.05, 4.69) is 29.6 Å². The summed E-state index contributed by atoms with van der Waals surface area (Å²) in [5.74, 6) is 1.49. The first-order chi connectivity index (χ1) is 20.8. The van der Waals surface area contributed by atoms with Crippen molar-refractivity contribution < 1.29 is 19.1 Å². The average Bonchev–Trinajstić information content (AvgIpc) is 3.00. The lowest BCUT2D eigenvalue weighted by atomic mass is 9.82. The number of hydrogen-bond acceptors (Lipinski definition) is 5. The quantitative estimate of drug-likeness (QED) is 0.292. The van der Waals surface area contributed by atoms with E-state index >= 15 is 0 Å². The second-order valence-electron chi connectivity index (χ2n) is 11.4. The van der Waals surface area contributed by atoms with Crippen LogP contribution >= 0.6 is 11.6 Å². The van der Waals surface area contributed by atoms with Crippen LogP contribution in [-0.4, -0.2) is 73.6 Å². The Morgan fingerprint density at radius 2 is 1.72 bits per heavy atom. The molecular weight excluding hydrogens is 562 g/mol. The topological polar surface area (TPSA) is 71.1 Å². The summed E-state index contributed by atoms with van der Waals surface area (Å²) in [4.78, 5) is 29.8. The monoisotopic (exact) mass is 601 g/mol. The molecule has 226 valence electrons. The number of likely N-dealkylation sites (N-methyl/N-ethyl adjacent to an activating group) is 1. The van der Waals surface area contributed by atoms with Gasteiger partial charge < -0.3 is 24.6 Å². The molecule has 0 radical (unpaired) electrons. The number of carbonyl (C=O) groups is 2. The van der Waals surface area contributed by atoms with Gasteiger partial charge in [0.15, 0.2) is 0 Å². The van der Waals surface area contributed by atoms with Gasteiger partial charge in [0.05, 0.1) is 24.2 Å². The van der Waals surface area contributed by atoms with Gasteiger partial charge in [-0.3, -0.25) is 9.59 Å². The minimum Gasteiger partial charge on any atom is -0.492 e. The minimum atomic E-state index is -0.221. The summed E-state index contributed by atoms with van der Waals surface area (Å²) in [5, 5.41) is 4.24. The van der Waals surface area contributed by atoms with Crippen molar-refractivity contribution in [1.82, 2.24) is 15.1 Å². The Morgan fingerprint density at radius 1 is 0.977 bits per heavy atom. The molecule has 1 N–H and O–H groups in total. The maximum atomic E-state index is 14.0. The van der Waals surface area contributed by atoms with E-state index < -0.39 is 0 Å². The Labute approximate surface area is 259 Å². The van der Waals surface area contributed by atoms with Gasteiger partial charge in [0.2, 0.25) is 5.91 Å². The second kappa shape index (κ2) is 14.1. The molecule has 0 saturated carbocycles. The van der Waals surface area contributed by atoms with Gasteiger partial charge in [0.1, 0.15) is 18.1 Å². The molecule has 0 aromatic heterocycles. The summed E-state index contributed by atoms with van der Waals surface area (Å²) in [5.41, 5.74) is 5.23. The molecule has 3 aromatic carbocycles. The molecule has 2 aliphatic heterocycles. The number of aryl methyl sites for hydroxylation is 2. The number of fused-ring (bicyclic) bond motifs is 2. The summed E-state index contributed by atoms with van der Waals surface area (Å²) >= 11 is 6.19. The van der Waals surface area contributed by atoms with E-state index in [9.17, 15) is 9.59 Å². The normalized spacial score (nSPS) is 17.9. The van der Waals surface area contributed by atoms with Crippen molar-refractivity contribution >= 4 is 29.0 Å². The van der Waals surface area contributed by atoms with Gasteiger partial charge in [0, 0.05) is 38.7 Å². The SMILES string of the molecule is CC(=O)N1C[C@H]2CC(c3ccc(CCCOc4ccccc4Cl)cc3)=C(C(=O)N(C)CCOc3ccc(C)cc3)[C@@H](C1)N2. The fourth-order valence-corrected chi connectivity index (χ4v) is 5.95. The van der Waals surface area contributed by atoms with Gasteiger partial charge in [-0.1, -0.05) is 65.7 Å². The summed E-state index contributed by atoms with van der Waals surface area (Å²) in [6.07, 6.45) is 2.42. The number of rotatable bonds is 11. The zero-order valence-corrected chi connectivity index (χ0v) is 25.9. The predicted octanol–water partition coefficient (Wildman–Crippen LogP) is 5.54. The van der Waals surface area contributed by atoms with Gasteiger partial charge in [-0.2, -0.15) is 0 Å². The van der Waals surface area contributed by atoms with Gasteiger partial charge in [-0.25, -0.2) is 0 Å².